The second-order valence-electron chi connectivity index (χ2n) is 4.00. The van der Waals surface area contributed by atoms with Gasteiger partial charge in [-0.1, -0.05) is 13.0 Å². The summed E-state index contributed by atoms with van der Waals surface area (Å²) in [4.78, 5) is 3.72. The van der Waals surface area contributed by atoms with E-state index in [1.807, 2.05) is 0 Å². The average Bonchev–Trinajstić information content (AvgIpc) is 2.12. The van der Waals surface area contributed by atoms with Crippen LogP contribution in [0.5, 0.6) is 0 Å². The van der Waals surface area contributed by atoms with E-state index in [0.717, 1.165) is 19.8 Å². The average molecular weight is 196 g/mol. The Bertz CT molecular complexity index is 326. The summed E-state index contributed by atoms with van der Waals surface area (Å²) in [5.74, 6) is 0.128. The van der Waals surface area contributed by atoms with E-state index in [-0.39, 0.29) is 5.41 Å². The van der Waals surface area contributed by atoms with Gasteiger partial charge in [0, 0.05) is 12.0 Å². The van der Waals surface area contributed by atoms with Crippen LogP contribution in [0.2, 0.25) is 0 Å². The van der Waals surface area contributed by atoms with Gasteiger partial charge in [0.1, 0.15) is 5.82 Å². The molecule has 1 aromatic rings. The Morgan fingerprint density at radius 1 is 1.57 bits per heavy atom. The van der Waals surface area contributed by atoms with E-state index < -0.39 is 5.95 Å². The molecule has 4 heteroatoms. The van der Waals surface area contributed by atoms with Gasteiger partial charge >= 0.3 is 0 Å². The molecule has 14 heavy (non-hydrogen) atoms. The topological polar surface area (TPSA) is 34.2 Å². The highest BCUT2D eigenvalue weighted by Gasteiger charge is 2.32. The SMILES string of the molecule is CC1(CNc2cccc(F)n2)COC1. The third-order valence-corrected chi connectivity index (χ3v) is 2.31. The van der Waals surface area contributed by atoms with Crippen molar-refractivity contribution in [3.63, 3.8) is 0 Å². The van der Waals surface area contributed by atoms with Crippen molar-refractivity contribution in [2.45, 2.75) is 6.92 Å². The van der Waals surface area contributed by atoms with Crippen LogP contribution in [-0.4, -0.2) is 24.7 Å². The number of aromatic nitrogens is 1. The molecule has 3 nitrogen and oxygen atoms in total. The van der Waals surface area contributed by atoms with Gasteiger partial charge in [0.25, 0.3) is 0 Å². The van der Waals surface area contributed by atoms with Gasteiger partial charge in [-0.25, -0.2) is 4.98 Å². The lowest BCUT2D eigenvalue weighted by Gasteiger charge is -2.38. The summed E-state index contributed by atoms with van der Waals surface area (Å²) < 4.78 is 17.8. The molecule has 76 valence electrons. The van der Waals surface area contributed by atoms with E-state index in [4.69, 9.17) is 4.74 Å². The molecule has 0 aliphatic carbocycles. The molecule has 1 aliphatic rings. The molecule has 0 saturated carbocycles. The Morgan fingerprint density at radius 2 is 2.36 bits per heavy atom. The minimum atomic E-state index is -0.454. The monoisotopic (exact) mass is 196 g/mol. The van der Waals surface area contributed by atoms with Crippen molar-refractivity contribution < 1.29 is 9.13 Å². The highest BCUT2D eigenvalue weighted by Crippen LogP contribution is 2.26. The second kappa shape index (κ2) is 3.53. The standard InChI is InChI=1S/C10H13FN2O/c1-10(6-14-7-10)5-12-9-4-2-3-8(11)13-9/h2-4H,5-7H2,1H3,(H,12,13). The van der Waals surface area contributed by atoms with Crippen LogP contribution in [0.25, 0.3) is 0 Å². The van der Waals surface area contributed by atoms with E-state index in [1.165, 1.54) is 6.07 Å². The van der Waals surface area contributed by atoms with Crippen molar-refractivity contribution in [2.75, 3.05) is 25.1 Å². The smallest absolute Gasteiger partial charge is 0.214 e. The molecular weight excluding hydrogens is 183 g/mol. The first-order valence-electron chi connectivity index (χ1n) is 4.62. The summed E-state index contributed by atoms with van der Waals surface area (Å²) in [6.07, 6.45) is 0. The zero-order valence-electron chi connectivity index (χ0n) is 8.09. The Labute approximate surface area is 82.3 Å². The van der Waals surface area contributed by atoms with Crippen LogP contribution < -0.4 is 5.32 Å². The number of anilines is 1. The number of nitrogens with one attached hydrogen (secondary N) is 1. The minimum Gasteiger partial charge on any atom is -0.380 e. The molecule has 1 N–H and O–H groups in total. The quantitative estimate of drug-likeness (QED) is 0.747. The fraction of sp³-hybridized carbons (Fsp3) is 0.500. The number of pyridine rings is 1. The van der Waals surface area contributed by atoms with Crippen molar-refractivity contribution in [1.29, 1.82) is 0 Å². The first kappa shape index (κ1) is 9.40. The van der Waals surface area contributed by atoms with Gasteiger partial charge < -0.3 is 10.1 Å². The van der Waals surface area contributed by atoms with E-state index in [1.54, 1.807) is 12.1 Å². The van der Waals surface area contributed by atoms with Crippen LogP contribution in [0, 0.1) is 11.4 Å². The first-order valence-corrected chi connectivity index (χ1v) is 4.62. The van der Waals surface area contributed by atoms with E-state index in [2.05, 4.69) is 17.2 Å². The van der Waals surface area contributed by atoms with Crippen LogP contribution >= 0.6 is 0 Å². The lowest BCUT2D eigenvalue weighted by molar-refractivity contribution is -0.0924. The van der Waals surface area contributed by atoms with Crippen molar-refractivity contribution in [1.82, 2.24) is 4.98 Å². The van der Waals surface area contributed by atoms with Gasteiger partial charge in [-0.15, -0.1) is 0 Å². The lowest BCUT2D eigenvalue weighted by Crippen LogP contribution is -2.45. The first-order chi connectivity index (χ1) is 6.68. The van der Waals surface area contributed by atoms with Gasteiger partial charge in [-0.05, 0) is 12.1 Å². The number of hydrogen-bond donors (Lipinski definition) is 1. The van der Waals surface area contributed by atoms with Crippen LogP contribution in [0.3, 0.4) is 0 Å². The van der Waals surface area contributed by atoms with Gasteiger partial charge in [-0.2, -0.15) is 4.39 Å². The van der Waals surface area contributed by atoms with Gasteiger partial charge in [0.05, 0.1) is 13.2 Å². The Balaban J connectivity index is 1.91. The summed E-state index contributed by atoms with van der Waals surface area (Å²) in [5.41, 5.74) is 0.175. The third-order valence-electron chi connectivity index (χ3n) is 2.31. The summed E-state index contributed by atoms with van der Waals surface area (Å²) in [6, 6.07) is 4.73. The number of halogens is 1. The maximum Gasteiger partial charge on any atom is 0.214 e. The molecule has 0 aromatic carbocycles. The van der Waals surface area contributed by atoms with Gasteiger partial charge in [0.2, 0.25) is 5.95 Å². The maximum atomic E-state index is 12.7. The molecule has 1 saturated heterocycles. The van der Waals surface area contributed by atoms with Crippen molar-refractivity contribution in [3.8, 4) is 0 Å². The Hall–Kier alpha value is -1.16. The predicted octanol–water partition coefficient (Wildman–Crippen LogP) is 1.67. The number of nitrogens with zero attached hydrogens (tertiary/aromatic N) is 1. The Morgan fingerprint density at radius 3 is 2.93 bits per heavy atom. The largest absolute Gasteiger partial charge is 0.380 e. The van der Waals surface area contributed by atoms with Crippen LogP contribution in [0.4, 0.5) is 10.2 Å². The summed E-state index contributed by atoms with van der Waals surface area (Å²) in [7, 11) is 0. The molecule has 0 radical (unpaired) electrons. The highest BCUT2D eigenvalue weighted by atomic mass is 19.1. The maximum absolute atomic E-state index is 12.7. The zero-order chi connectivity index (χ0) is 10.0. The van der Waals surface area contributed by atoms with Crippen molar-refractivity contribution in [3.05, 3.63) is 24.1 Å². The molecule has 0 atom stereocenters. The molecule has 1 fully saturated rings. The van der Waals surface area contributed by atoms with E-state index in [0.29, 0.717) is 5.82 Å². The molecule has 1 aliphatic heterocycles. The number of ether oxygens (including phenoxy) is 1. The molecule has 0 amide bonds. The highest BCUT2D eigenvalue weighted by molar-refractivity contribution is 5.33. The molecule has 2 heterocycles. The van der Waals surface area contributed by atoms with Gasteiger partial charge in [-0.3, -0.25) is 0 Å². The minimum absolute atomic E-state index is 0.175. The molecule has 0 bridgehead atoms. The molecule has 0 unspecified atom stereocenters. The predicted molar refractivity (Wildman–Crippen MR) is 51.6 cm³/mol. The van der Waals surface area contributed by atoms with Crippen LogP contribution in [0.1, 0.15) is 6.92 Å². The van der Waals surface area contributed by atoms with E-state index in [9.17, 15) is 4.39 Å². The summed E-state index contributed by atoms with van der Waals surface area (Å²) in [6.45, 7) is 4.41. The van der Waals surface area contributed by atoms with Crippen molar-refractivity contribution >= 4 is 5.82 Å². The second-order valence-corrected chi connectivity index (χ2v) is 4.00. The van der Waals surface area contributed by atoms with Crippen LogP contribution in [-0.2, 0) is 4.74 Å². The number of rotatable bonds is 3. The fourth-order valence-electron chi connectivity index (χ4n) is 1.36. The van der Waals surface area contributed by atoms with Gasteiger partial charge in [0.15, 0.2) is 0 Å². The third kappa shape index (κ3) is 2.01. The molecule has 1 aromatic heterocycles. The number of hydrogen-bond acceptors (Lipinski definition) is 3. The fourth-order valence-corrected chi connectivity index (χ4v) is 1.36. The Kier molecular flexibility index (Phi) is 2.37. The summed E-state index contributed by atoms with van der Waals surface area (Å²) in [5, 5.41) is 3.10. The molecule has 2 rings (SSSR count). The lowest BCUT2D eigenvalue weighted by atomic mass is 9.89. The molecule has 0 spiro atoms. The molecular formula is C10H13FN2O. The van der Waals surface area contributed by atoms with Crippen LogP contribution in [0.15, 0.2) is 18.2 Å². The zero-order valence-corrected chi connectivity index (χ0v) is 8.09. The summed E-state index contributed by atoms with van der Waals surface area (Å²) >= 11 is 0. The van der Waals surface area contributed by atoms with Crippen molar-refractivity contribution in [2.24, 2.45) is 5.41 Å². The van der Waals surface area contributed by atoms with E-state index >= 15 is 0 Å². The normalized spacial score (nSPS) is 18.7.